The maximum Gasteiger partial charge on any atom is 0.230 e. The van der Waals surface area contributed by atoms with E-state index < -0.39 is 12.0 Å². The number of carbonyl (C=O) groups excluding carboxylic acids is 1. The van der Waals surface area contributed by atoms with Crippen molar-refractivity contribution in [3.05, 3.63) is 53.6 Å². The summed E-state index contributed by atoms with van der Waals surface area (Å²) < 4.78 is 16.2. The van der Waals surface area contributed by atoms with E-state index in [0.29, 0.717) is 23.7 Å². The molecule has 0 aliphatic carbocycles. The summed E-state index contributed by atoms with van der Waals surface area (Å²) in [6.07, 6.45) is -0.182. The lowest BCUT2D eigenvalue weighted by molar-refractivity contribution is -0.135. The van der Waals surface area contributed by atoms with E-state index >= 15 is 0 Å². The number of likely N-dealkylation sites (N-methyl/N-ethyl adjacent to an activating group) is 1. The first-order valence-electron chi connectivity index (χ1n) is 9.69. The van der Waals surface area contributed by atoms with Crippen molar-refractivity contribution in [2.75, 3.05) is 28.4 Å². The van der Waals surface area contributed by atoms with Gasteiger partial charge >= 0.3 is 0 Å². The normalized spacial score (nSPS) is 13.9. The number of rotatable bonds is 9. The molecule has 6 heteroatoms. The molecule has 2 rings (SSSR count). The van der Waals surface area contributed by atoms with Crippen molar-refractivity contribution in [1.29, 1.82) is 0 Å². The van der Waals surface area contributed by atoms with Crippen molar-refractivity contribution in [2.45, 2.75) is 38.3 Å². The minimum absolute atomic E-state index is 0.0794. The van der Waals surface area contributed by atoms with Gasteiger partial charge in [-0.2, -0.15) is 0 Å². The Balaban J connectivity index is 2.32. The van der Waals surface area contributed by atoms with Crippen LogP contribution in [0, 0.1) is 0 Å². The third kappa shape index (κ3) is 4.82. The van der Waals surface area contributed by atoms with Crippen LogP contribution in [-0.4, -0.2) is 50.3 Å². The van der Waals surface area contributed by atoms with Gasteiger partial charge in [-0.15, -0.1) is 0 Å². The SMILES string of the molecule is CC[C@@H](C(=O)N(C)[C@@H](C)[C@@H](O)c1ccccc1)c1cc(OC)c(OC)c(OC)c1. The zero-order valence-corrected chi connectivity index (χ0v) is 18.0. The average Bonchev–Trinajstić information content (AvgIpc) is 2.77. The van der Waals surface area contributed by atoms with Gasteiger partial charge in [-0.25, -0.2) is 0 Å². The van der Waals surface area contributed by atoms with Crippen LogP contribution in [0.2, 0.25) is 0 Å². The lowest BCUT2D eigenvalue weighted by atomic mass is 9.93. The topological polar surface area (TPSA) is 68.2 Å². The summed E-state index contributed by atoms with van der Waals surface area (Å²) in [5.41, 5.74) is 1.56. The largest absolute Gasteiger partial charge is 0.493 e. The number of aliphatic hydroxyl groups excluding tert-OH is 1. The van der Waals surface area contributed by atoms with Gasteiger partial charge in [0.25, 0.3) is 0 Å². The lowest BCUT2D eigenvalue weighted by Gasteiger charge is -2.32. The Morgan fingerprint density at radius 3 is 2.00 bits per heavy atom. The van der Waals surface area contributed by atoms with E-state index in [9.17, 15) is 9.90 Å². The molecule has 0 spiro atoms. The molecule has 0 bridgehead atoms. The molecule has 0 unspecified atom stereocenters. The van der Waals surface area contributed by atoms with Gasteiger partial charge in [-0.05, 0) is 36.6 Å². The third-order valence-electron chi connectivity index (χ3n) is 5.35. The van der Waals surface area contributed by atoms with Gasteiger partial charge in [0.15, 0.2) is 11.5 Å². The van der Waals surface area contributed by atoms with Gasteiger partial charge in [-0.1, -0.05) is 37.3 Å². The highest BCUT2D eigenvalue weighted by Crippen LogP contribution is 2.41. The van der Waals surface area contributed by atoms with E-state index in [1.54, 1.807) is 45.4 Å². The second-order valence-electron chi connectivity index (χ2n) is 6.96. The second kappa shape index (κ2) is 10.2. The monoisotopic (exact) mass is 401 g/mol. The highest BCUT2D eigenvalue weighted by Gasteiger charge is 2.30. The molecule has 0 radical (unpaired) electrons. The van der Waals surface area contributed by atoms with Crippen LogP contribution >= 0.6 is 0 Å². The fraction of sp³-hybridized carbons (Fsp3) is 0.435. The predicted molar refractivity (Wildman–Crippen MR) is 113 cm³/mol. The van der Waals surface area contributed by atoms with Gasteiger partial charge in [0, 0.05) is 7.05 Å². The molecule has 29 heavy (non-hydrogen) atoms. The van der Waals surface area contributed by atoms with Crippen molar-refractivity contribution in [3.8, 4) is 17.2 Å². The Morgan fingerprint density at radius 2 is 1.55 bits per heavy atom. The molecule has 0 saturated carbocycles. The molecule has 0 aromatic heterocycles. The standard InChI is InChI=1S/C23H31NO5/c1-7-18(17-13-19(27-4)22(29-6)20(14-17)28-5)23(26)24(3)15(2)21(25)16-11-9-8-10-12-16/h8-15,18,21,25H,7H2,1-6H3/t15-,18+,21+/m0/s1. The molecule has 0 fully saturated rings. The van der Waals surface area contributed by atoms with Crippen LogP contribution in [0.25, 0.3) is 0 Å². The molecule has 1 N–H and O–H groups in total. The highest BCUT2D eigenvalue weighted by atomic mass is 16.5. The first-order valence-corrected chi connectivity index (χ1v) is 9.69. The molecule has 6 nitrogen and oxygen atoms in total. The molecule has 2 aromatic carbocycles. The number of hydrogen-bond acceptors (Lipinski definition) is 5. The summed E-state index contributed by atoms with van der Waals surface area (Å²) in [5.74, 6) is 1.02. The first-order chi connectivity index (χ1) is 13.9. The van der Waals surface area contributed by atoms with E-state index in [1.165, 1.54) is 0 Å². The second-order valence-corrected chi connectivity index (χ2v) is 6.96. The van der Waals surface area contributed by atoms with E-state index in [-0.39, 0.29) is 11.9 Å². The number of hydrogen-bond donors (Lipinski definition) is 1. The minimum atomic E-state index is -0.775. The van der Waals surface area contributed by atoms with Gasteiger partial charge in [-0.3, -0.25) is 4.79 Å². The Bertz CT molecular complexity index is 783. The predicted octanol–water partition coefficient (Wildman–Crippen LogP) is 3.79. The van der Waals surface area contributed by atoms with Crippen molar-refractivity contribution in [1.82, 2.24) is 4.90 Å². The Kier molecular flexibility index (Phi) is 7.91. The zero-order chi connectivity index (χ0) is 21.6. The number of methoxy groups -OCH3 is 3. The van der Waals surface area contributed by atoms with Crippen LogP contribution in [0.1, 0.15) is 43.4 Å². The van der Waals surface area contributed by atoms with E-state index in [0.717, 1.165) is 11.1 Å². The number of amides is 1. The summed E-state index contributed by atoms with van der Waals surface area (Å²) >= 11 is 0. The summed E-state index contributed by atoms with van der Waals surface area (Å²) in [6.45, 7) is 3.80. The van der Waals surface area contributed by atoms with Crippen molar-refractivity contribution in [3.63, 3.8) is 0 Å². The van der Waals surface area contributed by atoms with Gasteiger partial charge in [0.1, 0.15) is 0 Å². The third-order valence-corrected chi connectivity index (χ3v) is 5.35. The summed E-state index contributed by atoms with van der Waals surface area (Å²) in [6, 6.07) is 12.6. The van der Waals surface area contributed by atoms with Crippen LogP contribution < -0.4 is 14.2 Å². The number of aliphatic hydroxyl groups is 1. The average molecular weight is 402 g/mol. The fourth-order valence-electron chi connectivity index (χ4n) is 3.44. The maximum atomic E-state index is 13.3. The molecule has 0 heterocycles. The van der Waals surface area contributed by atoms with Crippen LogP contribution in [0.3, 0.4) is 0 Å². The molecule has 1 amide bonds. The number of benzene rings is 2. The quantitative estimate of drug-likeness (QED) is 0.692. The number of ether oxygens (including phenoxy) is 3. The van der Waals surface area contributed by atoms with Gasteiger partial charge in [0.05, 0.1) is 39.4 Å². The highest BCUT2D eigenvalue weighted by molar-refractivity contribution is 5.84. The zero-order valence-electron chi connectivity index (χ0n) is 18.0. The van der Waals surface area contributed by atoms with E-state index in [2.05, 4.69) is 0 Å². The van der Waals surface area contributed by atoms with Crippen LogP contribution in [0.4, 0.5) is 0 Å². The van der Waals surface area contributed by atoms with Crippen molar-refractivity contribution in [2.24, 2.45) is 0 Å². The molecular formula is C23H31NO5. The van der Waals surface area contributed by atoms with Gasteiger partial charge in [0.2, 0.25) is 11.7 Å². The summed E-state index contributed by atoms with van der Waals surface area (Å²) in [4.78, 5) is 14.9. The molecule has 158 valence electrons. The summed E-state index contributed by atoms with van der Waals surface area (Å²) in [5, 5.41) is 10.7. The number of nitrogens with zero attached hydrogens (tertiary/aromatic N) is 1. The molecule has 0 aliphatic rings. The van der Waals surface area contributed by atoms with Crippen LogP contribution in [0.15, 0.2) is 42.5 Å². The van der Waals surface area contributed by atoms with Crippen LogP contribution in [0.5, 0.6) is 17.2 Å². The Labute approximate surface area is 173 Å². The van der Waals surface area contributed by atoms with Crippen molar-refractivity contribution >= 4 is 5.91 Å². The van der Waals surface area contributed by atoms with E-state index in [4.69, 9.17) is 14.2 Å². The van der Waals surface area contributed by atoms with Crippen LogP contribution in [-0.2, 0) is 4.79 Å². The molecule has 3 atom stereocenters. The molecule has 0 saturated heterocycles. The smallest absolute Gasteiger partial charge is 0.230 e. The van der Waals surface area contributed by atoms with Crippen molar-refractivity contribution < 1.29 is 24.1 Å². The molecule has 2 aromatic rings. The Hall–Kier alpha value is -2.73. The molecular weight excluding hydrogens is 370 g/mol. The first kappa shape index (κ1) is 22.6. The lowest BCUT2D eigenvalue weighted by Crippen LogP contribution is -2.41. The van der Waals surface area contributed by atoms with Gasteiger partial charge < -0.3 is 24.2 Å². The number of carbonyl (C=O) groups is 1. The maximum absolute atomic E-state index is 13.3. The Morgan fingerprint density at radius 1 is 1.00 bits per heavy atom. The molecule has 0 aliphatic heterocycles. The summed E-state index contributed by atoms with van der Waals surface area (Å²) in [7, 11) is 6.37. The fourth-order valence-corrected chi connectivity index (χ4v) is 3.44. The minimum Gasteiger partial charge on any atom is -0.493 e. The van der Waals surface area contributed by atoms with E-state index in [1.807, 2.05) is 44.2 Å².